The number of para-hydroxylation sites is 1. The van der Waals surface area contributed by atoms with E-state index in [1.165, 1.54) is 37.7 Å². The minimum absolute atomic E-state index is 0.00412. The van der Waals surface area contributed by atoms with Gasteiger partial charge < -0.3 is 14.5 Å². The van der Waals surface area contributed by atoms with Crippen molar-refractivity contribution in [2.24, 2.45) is 0 Å². The summed E-state index contributed by atoms with van der Waals surface area (Å²) in [5.41, 5.74) is 0.810. The first kappa shape index (κ1) is 23.6. The van der Waals surface area contributed by atoms with Crippen LogP contribution in [0.2, 0.25) is 10.0 Å². The van der Waals surface area contributed by atoms with Crippen LogP contribution in [-0.4, -0.2) is 31.4 Å². The number of sulfonamides is 1. The average molecular weight is 519 g/mol. The molecule has 2 aromatic heterocycles. The number of methoxy groups -OCH3 is 1. The van der Waals surface area contributed by atoms with Gasteiger partial charge in [-0.3, -0.25) is 9.52 Å². The van der Waals surface area contributed by atoms with Gasteiger partial charge in [0.2, 0.25) is 5.88 Å². The number of oxazole rings is 1. The Morgan fingerprint density at radius 2 is 1.71 bits per heavy atom. The van der Waals surface area contributed by atoms with Crippen LogP contribution in [0.4, 0.5) is 11.4 Å². The molecule has 2 N–H and O–H groups in total. The first-order valence-electron chi connectivity index (χ1n) is 9.62. The largest absolute Gasteiger partial charge is 0.480 e. The van der Waals surface area contributed by atoms with E-state index in [0.717, 1.165) is 5.56 Å². The number of hydrogen-bond donors (Lipinski definition) is 2. The van der Waals surface area contributed by atoms with Crippen LogP contribution in [0.3, 0.4) is 0 Å². The van der Waals surface area contributed by atoms with E-state index in [0.29, 0.717) is 5.76 Å². The van der Waals surface area contributed by atoms with E-state index in [2.05, 4.69) is 20.0 Å². The second-order valence-electron chi connectivity index (χ2n) is 6.78. The van der Waals surface area contributed by atoms with Gasteiger partial charge in [-0.15, -0.1) is 0 Å². The molecule has 0 bridgehead atoms. The Morgan fingerprint density at radius 3 is 2.38 bits per heavy atom. The first-order valence-corrected chi connectivity index (χ1v) is 11.9. The van der Waals surface area contributed by atoms with E-state index in [9.17, 15) is 13.2 Å². The summed E-state index contributed by atoms with van der Waals surface area (Å²) >= 11 is 12.2. The fourth-order valence-electron chi connectivity index (χ4n) is 2.93. The smallest absolute Gasteiger partial charge is 0.311 e. The zero-order valence-corrected chi connectivity index (χ0v) is 19.8. The van der Waals surface area contributed by atoms with Gasteiger partial charge in [0.15, 0.2) is 10.7 Å². The summed E-state index contributed by atoms with van der Waals surface area (Å²) in [6.07, 6.45) is 2.66. The Kier molecular flexibility index (Phi) is 6.73. The summed E-state index contributed by atoms with van der Waals surface area (Å²) in [6, 6.07) is 14.8. The normalized spacial score (nSPS) is 11.1. The van der Waals surface area contributed by atoms with Crippen LogP contribution < -0.4 is 14.8 Å². The van der Waals surface area contributed by atoms with Crippen molar-refractivity contribution in [1.82, 2.24) is 9.97 Å². The molecule has 0 aliphatic heterocycles. The number of nitrogens with one attached hydrogen (secondary N) is 2. The van der Waals surface area contributed by atoms with Crippen LogP contribution >= 0.6 is 23.2 Å². The van der Waals surface area contributed by atoms with Crippen LogP contribution in [0.1, 0.15) is 10.7 Å². The predicted molar refractivity (Wildman–Crippen MR) is 128 cm³/mol. The highest BCUT2D eigenvalue weighted by Gasteiger charge is 2.25. The van der Waals surface area contributed by atoms with E-state index >= 15 is 0 Å². The SMILES string of the molecule is COc1ncc(NC(=O)c2ncc(-c3ccccc3)o2)cc1S(=O)(=O)Nc1c(Cl)cccc1Cl. The van der Waals surface area contributed by atoms with E-state index in [4.69, 9.17) is 32.4 Å². The van der Waals surface area contributed by atoms with Crippen LogP contribution in [0, 0.1) is 0 Å². The Labute approximate surface area is 204 Å². The van der Waals surface area contributed by atoms with Gasteiger partial charge in [0.05, 0.1) is 40.9 Å². The second-order valence-corrected chi connectivity index (χ2v) is 9.25. The zero-order chi connectivity index (χ0) is 24.3. The molecule has 34 heavy (non-hydrogen) atoms. The minimum atomic E-state index is -4.25. The summed E-state index contributed by atoms with van der Waals surface area (Å²) in [7, 11) is -2.99. The molecule has 174 valence electrons. The molecule has 9 nitrogen and oxygen atoms in total. The van der Waals surface area contributed by atoms with Crippen molar-refractivity contribution in [3.63, 3.8) is 0 Å². The lowest BCUT2D eigenvalue weighted by atomic mass is 10.2. The molecule has 2 heterocycles. The van der Waals surface area contributed by atoms with Crippen molar-refractivity contribution in [3.8, 4) is 17.2 Å². The number of rotatable bonds is 7. The Balaban J connectivity index is 1.60. The van der Waals surface area contributed by atoms with Gasteiger partial charge in [0.25, 0.3) is 15.9 Å². The molecule has 0 atom stereocenters. The average Bonchev–Trinajstić information content (AvgIpc) is 3.33. The maximum atomic E-state index is 13.1. The molecular weight excluding hydrogens is 503 g/mol. The van der Waals surface area contributed by atoms with Crippen LogP contribution in [0.5, 0.6) is 5.88 Å². The number of amides is 1. The lowest BCUT2D eigenvalue weighted by molar-refractivity contribution is 0.0991. The van der Waals surface area contributed by atoms with E-state index in [1.807, 2.05) is 30.3 Å². The molecule has 0 spiro atoms. The summed E-state index contributed by atoms with van der Waals surface area (Å²) in [5.74, 6) is -0.696. The third-order valence-corrected chi connectivity index (χ3v) is 6.49. The molecular formula is C22H16Cl2N4O5S. The quantitative estimate of drug-likeness (QED) is 0.348. The van der Waals surface area contributed by atoms with Crippen molar-refractivity contribution in [3.05, 3.63) is 82.9 Å². The highest BCUT2D eigenvalue weighted by molar-refractivity contribution is 7.92. The number of aromatic nitrogens is 2. The van der Waals surface area contributed by atoms with Crippen LogP contribution in [0.25, 0.3) is 11.3 Å². The monoisotopic (exact) mass is 518 g/mol. The Bertz CT molecular complexity index is 1440. The van der Waals surface area contributed by atoms with Gasteiger partial charge in [-0.05, 0) is 18.2 Å². The molecule has 0 radical (unpaired) electrons. The summed E-state index contributed by atoms with van der Waals surface area (Å²) < 4.78 is 39.1. The topological polar surface area (TPSA) is 123 Å². The van der Waals surface area contributed by atoms with E-state index < -0.39 is 15.9 Å². The molecule has 1 amide bonds. The number of carbonyl (C=O) groups excluding carboxylic acids is 1. The van der Waals surface area contributed by atoms with E-state index in [1.54, 1.807) is 6.07 Å². The number of benzene rings is 2. The van der Waals surface area contributed by atoms with Crippen molar-refractivity contribution in [2.75, 3.05) is 17.1 Å². The molecule has 0 saturated heterocycles. The maximum absolute atomic E-state index is 13.1. The third kappa shape index (κ3) is 4.98. The van der Waals surface area contributed by atoms with Crippen molar-refractivity contribution in [1.29, 1.82) is 0 Å². The maximum Gasteiger partial charge on any atom is 0.311 e. The van der Waals surface area contributed by atoms with Crippen molar-refractivity contribution >= 4 is 50.5 Å². The molecule has 0 aliphatic rings. The summed E-state index contributed by atoms with van der Waals surface area (Å²) in [4.78, 5) is 20.2. The summed E-state index contributed by atoms with van der Waals surface area (Å²) in [5, 5.41) is 2.72. The van der Waals surface area contributed by atoms with Crippen molar-refractivity contribution < 1.29 is 22.4 Å². The molecule has 4 aromatic rings. The lowest BCUT2D eigenvalue weighted by Gasteiger charge is -2.14. The first-order chi connectivity index (χ1) is 16.3. The zero-order valence-electron chi connectivity index (χ0n) is 17.5. The Morgan fingerprint density at radius 1 is 1.00 bits per heavy atom. The molecule has 4 rings (SSSR count). The minimum Gasteiger partial charge on any atom is -0.480 e. The van der Waals surface area contributed by atoms with Gasteiger partial charge in [-0.1, -0.05) is 59.6 Å². The number of anilines is 2. The molecule has 0 aliphatic carbocycles. The van der Waals surface area contributed by atoms with Crippen LogP contribution in [-0.2, 0) is 10.0 Å². The van der Waals surface area contributed by atoms with Gasteiger partial charge in [-0.2, -0.15) is 0 Å². The number of nitrogens with zero attached hydrogens (tertiary/aromatic N) is 2. The summed E-state index contributed by atoms with van der Waals surface area (Å²) in [6.45, 7) is 0. The fraction of sp³-hybridized carbons (Fsp3) is 0.0455. The number of ether oxygens (including phenoxy) is 1. The van der Waals surface area contributed by atoms with Crippen molar-refractivity contribution in [2.45, 2.75) is 4.90 Å². The standard InChI is InChI=1S/C22H16Cl2N4O5S/c1-32-21-18(34(30,31)28-19-15(23)8-5-9-16(19)24)10-14(11-25-21)27-20(29)22-26-12-17(33-22)13-6-3-2-4-7-13/h2-12,28H,1H3,(H,27,29). The number of hydrogen-bond acceptors (Lipinski definition) is 7. The molecule has 0 fully saturated rings. The van der Waals surface area contributed by atoms with Crippen LogP contribution in [0.15, 0.2) is 76.3 Å². The van der Waals surface area contributed by atoms with E-state index in [-0.39, 0.29) is 38.1 Å². The highest BCUT2D eigenvalue weighted by Crippen LogP contribution is 2.34. The molecule has 0 saturated carbocycles. The second kappa shape index (κ2) is 9.72. The number of carbonyl (C=O) groups is 1. The van der Waals surface area contributed by atoms with Gasteiger partial charge in [-0.25, -0.2) is 18.4 Å². The highest BCUT2D eigenvalue weighted by atomic mass is 35.5. The van der Waals surface area contributed by atoms with Gasteiger partial charge in [0, 0.05) is 5.56 Å². The Hall–Kier alpha value is -3.60. The number of halogens is 2. The third-order valence-electron chi connectivity index (χ3n) is 4.52. The number of pyridine rings is 1. The molecule has 12 heteroatoms. The molecule has 0 unspecified atom stereocenters. The predicted octanol–water partition coefficient (Wildman–Crippen LogP) is 5.11. The van der Waals surface area contributed by atoms with Gasteiger partial charge >= 0.3 is 5.91 Å². The lowest BCUT2D eigenvalue weighted by Crippen LogP contribution is -2.17. The molecule has 2 aromatic carbocycles. The fourth-order valence-corrected chi connectivity index (χ4v) is 4.78. The van der Waals surface area contributed by atoms with Gasteiger partial charge in [0.1, 0.15) is 0 Å².